The fourth-order valence-electron chi connectivity index (χ4n) is 3.91. The number of nitrogens with zero attached hydrogens (tertiary/aromatic N) is 1. The summed E-state index contributed by atoms with van der Waals surface area (Å²) in [4.78, 5) is 5.00. The highest BCUT2D eigenvalue weighted by molar-refractivity contribution is 6.15. The maximum Gasteiger partial charge on any atom is 0.138 e. The highest BCUT2D eigenvalue weighted by Crippen LogP contribution is 2.41. The zero-order valence-electron chi connectivity index (χ0n) is 17.9. The second-order valence-corrected chi connectivity index (χ2v) is 7.68. The number of para-hydroxylation sites is 2. The van der Waals surface area contributed by atoms with Crippen molar-refractivity contribution in [2.45, 2.75) is 6.92 Å². The molecule has 0 saturated carbocycles. The van der Waals surface area contributed by atoms with E-state index in [0.29, 0.717) is 0 Å². The largest absolute Gasteiger partial charge is 0.456 e. The Bertz CT molecular complexity index is 1320. The monoisotopic (exact) mass is 413 g/mol. The molecule has 0 amide bonds. The molecule has 0 aliphatic carbocycles. The Morgan fingerprint density at radius 1 is 0.688 bits per heavy atom. The van der Waals surface area contributed by atoms with Crippen LogP contribution in [0.15, 0.2) is 132 Å². The lowest BCUT2D eigenvalue weighted by atomic mass is 9.91. The van der Waals surface area contributed by atoms with Crippen LogP contribution in [0.4, 0.5) is 5.69 Å². The first kappa shape index (κ1) is 19.8. The summed E-state index contributed by atoms with van der Waals surface area (Å²) in [7, 11) is 0. The maximum atomic E-state index is 6.36. The van der Waals surface area contributed by atoms with Gasteiger partial charge in [-0.25, -0.2) is 4.99 Å². The molecule has 2 nitrogen and oxygen atoms in total. The predicted molar refractivity (Wildman–Crippen MR) is 133 cm³/mol. The summed E-state index contributed by atoms with van der Waals surface area (Å²) in [5, 5.41) is 0. The molecule has 0 radical (unpaired) electrons. The predicted octanol–water partition coefficient (Wildman–Crippen LogP) is 7.71. The zero-order chi connectivity index (χ0) is 21.8. The van der Waals surface area contributed by atoms with Crippen molar-refractivity contribution in [2.24, 2.45) is 4.99 Å². The van der Waals surface area contributed by atoms with Crippen LogP contribution in [0.3, 0.4) is 0 Å². The summed E-state index contributed by atoms with van der Waals surface area (Å²) in [5.74, 6) is 1.73. The van der Waals surface area contributed by atoms with E-state index in [9.17, 15) is 0 Å². The molecule has 5 rings (SSSR count). The molecule has 4 aromatic rings. The molecule has 0 spiro atoms. The molecule has 154 valence electrons. The first-order chi connectivity index (χ1) is 15.8. The Labute approximate surface area is 188 Å². The van der Waals surface area contributed by atoms with Gasteiger partial charge in [-0.15, -0.1) is 0 Å². The van der Waals surface area contributed by atoms with Crippen molar-refractivity contribution < 1.29 is 4.74 Å². The molecule has 0 bridgehead atoms. The number of fused-ring (bicyclic) bond motifs is 1. The van der Waals surface area contributed by atoms with E-state index in [1.165, 1.54) is 0 Å². The lowest BCUT2D eigenvalue weighted by Crippen LogP contribution is -2.09. The van der Waals surface area contributed by atoms with Crippen LogP contribution in [0, 0.1) is 0 Å². The molecule has 1 aliphatic heterocycles. The van der Waals surface area contributed by atoms with Crippen molar-refractivity contribution in [2.75, 3.05) is 0 Å². The summed E-state index contributed by atoms with van der Waals surface area (Å²) in [6.07, 6.45) is 2.18. The molecular weight excluding hydrogens is 390 g/mol. The maximum absolute atomic E-state index is 6.36. The second kappa shape index (κ2) is 8.91. The molecule has 0 saturated heterocycles. The number of rotatable bonds is 4. The van der Waals surface area contributed by atoms with Gasteiger partial charge in [0.1, 0.15) is 11.5 Å². The van der Waals surface area contributed by atoms with Gasteiger partial charge >= 0.3 is 0 Å². The number of ether oxygens (including phenoxy) is 1. The molecule has 2 heteroatoms. The van der Waals surface area contributed by atoms with Gasteiger partial charge in [0.25, 0.3) is 0 Å². The van der Waals surface area contributed by atoms with Gasteiger partial charge in [0.2, 0.25) is 0 Å². The average Bonchev–Trinajstić information content (AvgIpc) is 2.86. The van der Waals surface area contributed by atoms with E-state index in [1.807, 2.05) is 84.9 Å². The fraction of sp³-hybridized carbons (Fsp3) is 0.0333. The van der Waals surface area contributed by atoms with Crippen molar-refractivity contribution >= 4 is 22.7 Å². The van der Waals surface area contributed by atoms with Gasteiger partial charge in [-0.2, -0.15) is 0 Å². The van der Waals surface area contributed by atoms with Gasteiger partial charge in [-0.3, -0.25) is 0 Å². The SMILES string of the molecule is CC1=C(c2ccccc2)Oc2ccccc2/C1=C/C(=Nc1ccccc1)c1ccccc1. The fourth-order valence-corrected chi connectivity index (χ4v) is 3.91. The number of allylic oxidation sites excluding steroid dienone is 3. The normalized spacial score (nSPS) is 14.8. The zero-order valence-corrected chi connectivity index (χ0v) is 17.9. The van der Waals surface area contributed by atoms with Crippen molar-refractivity contribution in [1.82, 2.24) is 0 Å². The van der Waals surface area contributed by atoms with Crippen molar-refractivity contribution in [3.63, 3.8) is 0 Å². The molecule has 0 aromatic heterocycles. The molecule has 0 fully saturated rings. The molecule has 0 N–H and O–H groups in total. The first-order valence-electron chi connectivity index (χ1n) is 10.7. The van der Waals surface area contributed by atoms with Gasteiger partial charge in [0.05, 0.1) is 11.4 Å². The standard InChI is InChI=1S/C30H23NO/c1-22-27(21-28(23-13-5-2-6-14-23)31-25-17-9-4-10-18-25)26-19-11-12-20-29(26)32-30(22)24-15-7-3-8-16-24/h2-21H,1H3/b27-21+,31-28?. The van der Waals surface area contributed by atoms with E-state index in [2.05, 4.69) is 43.3 Å². The summed E-state index contributed by atoms with van der Waals surface area (Å²) in [5.41, 5.74) is 7.24. The lowest BCUT2D eigenvalue weighted by Gasteiger charge is -2.25. The summed E-state index contributed by atoms with van der Waals surface area (Å²) in [6.45, 7) is 2.12. The van der Waals surface area contributed by atoms with E-state index in [1.54, 1.807) is 0 Å². The van der Waals surface area contributed by atoms with Gasteiger partial charge in [0.15, 0.2) is 0 Å². The second-order valence-electron chi connectivity index (χ2n) is 7.68. The third-order valence-electron chi connectivity index (χ3n) is 5.53. The Morgan fingerprint density at radius 3 is 2.00 bits per heavy atom. The topological polar surface area (TPSA) is 21.6 Å². The third kappa shape index (κ3) is 4.03. The van der Waals surface area contributed by atoms with Crippen LogP contribution < -0.4 is 4.74 Å². The molecule has 32 heavy (non-hydrogen) atoms. The average molecular weight is 414 g/mol. The summed E-state index contributed by atoms with van der Waals surface area (Å²) < 4.78 is 6.36. The van der Waals surface area contributed by atoms with E-state index < -0.39 is 0 Å². The number of benzene rings is 4. The Kier molecular flexibility index (Phi) is 5.50. The Hall–Kier alpha value is -4.17. The molecule has 4 aromatic carbocycles. The van der Waals surface area contributed by atoms with Crippen LogP contribution in [-0.2, 0) is 0 Å². The highest BCUT2D eigenvalue weighted by atomic mass is 16.5. The number of hydrogen-bond acceptors (Lipinski definition) is 2. The lowest BCUT2D eigenvalue weighted by molar-refractivity contribution is 0.505. The molecule has 0 atom stereocenters. The smallest absolute Gasteiger partial charge is 0.138 e. The Balaban J connectivity index is 1.72. The van der Waals surface area contributed by atoms with E-state index in [4.69, 9.17) is 9.73 Å². The summed E-state index contributed by atoms with van der Waals surface area (Å²) >= 11 is 0. The van der Waals surface area contributed by atoms with E-state index in [0.717, 1.165) is 50.7 Å². The minimum Gasteiger partial charge on any atom is -0.456 e. The summed E-state index contributed by atoms with van der Waals surface area (Å²) in [6, 6.07) is 38.8. The molecule has 1 aliphatic rings. The van der Waals surface area contributed by atoms with Gasteiger partial charge in [-0.05, 0) is 36.8 Å². The van der Waals surface area contributed by atoms with Crippen molar-refractivity contribution in [3.05, 3.63) is 144 Å². The van der Waals surface area contributed by atoms with Crippen LogP contribution in [0.25, 0.3) is 11.3 Å². The Morgan fingerprint density at radius 2 is 1.28 bits per heavy atom. The van der Waals surface area contributed by atoms with Crippen LogP contribution >= 0.6 is 0 Å². The molecule has 0 unspecified atom stereocenters. The van der Waals surface area contributed by atoms with Crippen molar-refractivity contribution in [1.29, 1.82) is 0 Å². The third-order valence-corrected chi connectivity index (χ3v) is 5.53. The van der Waals surface area contributed by atoms with Gasteiger partial charge in [-0.1, -0.05) is 97.1 Å². The van der Waals surface area contributed by atoms with E-state index >= 15 is 0 Å². The number of hydrogen-bond donors (Lipinski definition) is 0. The number of aliphatic imine (C=N–C) groups is 1. The van der Waals surface area contributed by atoms with Crippen LogP contribution in [-0.4, -0.2) is 5.71 Å². The van der Waals surface area contributed by atoms with Gasteiger partial charge < -0.3 is 4.74 Å². The van der Waals surface area contributed by atoms with Crippen LogP contribution in [0.5, 0.6) is 5.75 Å². The highest BCUT2D eigenvalue weighted by Gasteiger charge is 2.23. The molecular formula is C30H23NO. The van der Waals surface area contributed by atoms with Crippen molar-refractivity contribution in [3.8, 4) is 5.75 Å². The minimum atomic E-state index is 0.857. The quantitative estimate of drug-likeness (QED) is 0.314. The molecule has 1 heterocycles. The van der Waals surface area contributed by atoms with Gasteiger partial charge in [0, 0.05) is 22.3 Å². The van der Waals surface area contributed by atoms with E-state index in [-0.39, 0.29) is 0 Å². The van der Waals surface area contributed by atoms with Crippen LogP contribution in [0.1, 0.15) is 23.6 Å². The minimum absolute atomic E-state index is 0.857. The van der Waals surface area contributed by atoms with Crippen LogP contribution in [0.2, 0.25) is 0 Å². The first-order valence-corrected chi connectivity index (χ1v) is 10.7.